The molecular formula is C109H76Cl4N2O24S10-2. The standard InChI is InChI=1S/C23H14Cl4O6S2.2C23H18O6S2.C22H16O6S2.C18H14N2S2/c1-2-11(3-5-18-22(28)12-7-14(24)16(26)9-20(12)34(18,30)31)4-6-19-23(29)13-8-15(25)17(27)10-21(13)35(19,32)33;2*1-2-15(11-13-20-22(24)16-7-3-5-9-18(16)30(20,26)27)12-14-21-23(25)17-8-4-6-10-19(17)31(21,28)29;1-14(10-12-19-21(23)15-6-2-4-8-17(15)29(19,25)26)11-13-20-22(24)16-7-3-5-9-18(16)30(20,27)28;1-3-17(21-13-1)19-9-5-15(6-10-19)16-7-11-20(12-8-16)18-4-2-14-22-18/h3-10,28H,2H2,1H3;2*3-14,24H,2H2,1H3;2-13,23H,1H3;1-14H/q;;;;+2/p-4. The van der Waals surface area contributed by atoms with Crippen molar-refractivity contribution in [1.29, 1.82) is 0 Å². The number of ketones is 4. The number of benzene rings is 8. The van der Waals surface area contributed by atoms with Crippen molar-refractivity contribution in [1.82, 2.24) is 0 Å². The van der Waals surface area contributed by atoms with Gasteiger partial charge in [-0.1, -0.05) is 258 Å². The van der Waals surface area contributed by atoms with Gasteiger partial charge in [-0.2, -0.15) is 9.13 Å². The number of allylic oxidation sites excluding steroid dienone is 24. The Kier molecular flexibility index (Phi) is 31.0. The highest BCUT2D eigenvalue weighted by molar-refractivity contribution is 7.99. The van der Waals surface area contributed by atoms with Gasteiger partial charge < -0.3 is 20.4 Å². The number of aromatic nitrogens is 2. The van der Waals surface area contributed by atoms with Crippen molar-refractivity contribution in [3.63, 3.8) is 0 Å². The first-order chi connectivity index (χ1) is 70.7. The lowest BCUT2D eigenvalue weighted by Gasteiger charge is -2.09. The highest BCUT2D eigenvalue weighted by Gasteiger charge is 2.44. The molecule has 8 aromatic carbocycles. The maximum absolute atomic E-state index is 12.8. The summed E-state index contributed by atoms with van der Waals surface area (Å²) in [6.45, 7) is 6.92. The van der Waals surface area contributed by atoms with Gasteiger partial charge in [0.15, 0.2) is 24.8 Å². The maximum Gasteiger partial charge on any atom is 0.266 e. The molecule has 12 aromatic rings. The minimum absolute atomic E-state index is 0.00111. The smallest absolute Gasteiger partial charge is 0.266 e. The Hall–Kier alpha value is -14.1. The molecule has 0 aliphatic carbocycles. The van der Waals surface area contributed by atoms with Crippen LogP contribution >= 0.6 is 69.1 Å². The first-order valence-electron chi connectivity index (χ1n) is 44.6. The molecule has 0 atom stereocenters. The van der Waals surface area contributed by atoms with E-state index in [1.54, 1.807) is 123 Å². The lowest BCUT2D eigenvalue weighted by atomic mass is 10.1. The number of sulfone groups is 8. The summed E-state index contributed by atoms with van der Waals surface area (Å²) in [5, 5.41) is 56.9. The van der Waals surface area contributed by atoms with E-state index in [4.69, 9.17) is 46.4 Å². The fourth-order valence-corrected chi connectivity index (χ4v) is 30.9. The zero-order chi connectivity index (χ0) is 107. The normalized spacial score (nSPS) is 18.9. The summed E-state index contributed by atoms with van der Waals surface area (Å²) < 4.78 is 207. The first kappa shape index (κ1) is 108. The molecule has 149 heavy (non-hydrogen) atoms. The van der Waals surface area contributed by atoms with Gasteiger partial charge in [-0.05, 0) is 227 Å². The van der Waals surface area contributed by atoms with Crippen LogP contribution in [-0.4, -0.2) is 90.5 Å². The number of Topliss-reactive ketones (excluding diaryl/α,β-unsaturated/α-hetero) is 4. The topological polar surface area (TPSA) is 441 Å². The second-order valence-electron chi connectivity index (χ2n) is 33.2. The molecule has 8 aliphatic heterocycles. The van der Waals surface area contributed by atoms with Crippen molar-refractivity contribution < 1.29 is 116 Å². The molecule has 0 amide bonds. The molecule has 0 radical (unpaired) electrons. The average molecular weight is 2260 g/mol. The number of thiophene rings is 2. The van der Waals surface area contributed by atoms with Gasteiger partial charge in [0, 0.05) is 58.7 Å². The van der Waals surface area contributed by atoms with Gasteiger partial charge in [0.25, 0.3) is 10.0 Å². The molecule has 0 saturated carbocycles. The van der Waals surface area contributed by atoms with E-state index in [-0.39, 0.29) is 133 Å². The average Bonchev–Trinajstić information content (AvgIpc) is 1.59. The molecule has 40 heteroatoms. The highest BCUT2D eigenvalue weighted by Crippen LogP contribution is 2.46. The summed E-state index contributed by atoms with van der Waals surface area (Å²) in [5.41, 5.74) is 5.09. The molecule has 0 saturated heterocycles. The zero-order valence-corrected chi connectivity index (χ0v) is 89.1. The van der Waals surface area contributed by atoms with Gasteiger partial charge in [0.2, 0.25) is 102 Å². The Morgan fingerprint density at radius 1 is 0.282 bits per heavy atom. The lowest BCUT2D eigenvalue weighted by Crippen LogP contribution is -2.28. The quantitative estimate of drug-likeness (QED) is 0.0437. The molecule has 756 valence electrons. The summed E-state index contributed by atoms with van der Waals surface area (Å²) in [5.74, 6) is -4.96. The number of fused-ring (bicyclic) bond motifs is 8. The third kappa shape index (κ3) is 20.7. The predicted octanol–water partition coefficient (Wildman–Crippen LogP) is 18.1. The van der Waals surface area contributed by atoms with Crippen LogP contribution in [0.2, 0.25) is 20.1 Å². The number of nitrogens with zero attached hydrogens (tertiary/aromatic N) is 2. The summed E-state index contributed by atoms with van der Waals surface area (Å²) in [6.07, 6.45) is 30.5. The van der Waals surface area contributed by atoms with Gasteiger partial charge >= 0.3 is 0 Å². The molecule has 4 aromatic heterocycles. The number of hydrogen-bond acceptors (Lipinski definition) is 26. The molecule has 0 bridgehead atoms. The van der Waals surface area contributed by atoms with E-state index in [1.165, 1.54) is 191 Å². The number of halogens is 4. The molecule has 8 aliphatic rings. The molecule has 0 fully saturated rings. The fourth-order valence-electron chi connectivity index (χ4n) is 16.3. The molecular weight excluding hydrogens is 2180 g/mol. The molecule has 0 N–H and O–H groups in total. The van der Waals surface area contributed by atoms with E-state index < -0.39 is 135 Å². The van der Waals surface area contributed by atoms with Crippen molar-refractivity contribution >= 4 is 194 Å². The van der Waals surface area contributed by atoms with Crippen LogP contribution in [0, 0.1) is 0 Å². The van der Waals surface area contributed by atoms with Crippen molar-refractivity contribution in [2.75, 3.05) is 0 Å². The Bertz CT molecular complexity index is 9040. The van der Waals surface area contributed by atoms with Crippen LogP contribution in [0.3, 0.4) is 0 Å². The second kappa shape index (κ2) is 42.9. The molecule has 0 spiro atoms. The van der Waals surface area contributed by atoms with E-state index in [0.717, 1.165) is 24.3 Å². The van der Waals surface area contributed by atoms with Gasteiger partial charge in [0.05, 0.1) is 78.9 Å². The highest BCUT2D eigenvalue weighted by atomic mass is 35.5. The van der Waals surface area contributed by atoms with Gasteiger partial charge in [0.1, 0.15) is 19.6 Å². The van der Waals surface area contributed by atoms with Gasteiger partial charge in [-0.3, -0.25) is 19.2 Å². The van der Waals surface area contributed by atoms with Gasteiger partial charge in [-0.15, -0.1) is 0 Å². The van der Waals surface area contributed by atoms with E-state index in [2.05, 4.69) is 93.2 Å². The molecule has 26 nitrogen and oxygen atoms in total. The van der Waals surface area contributed by atoms with Crippen molar-refractivity contribution in [3.05, 3.63) is 477 Å². The first-order valence-corrected chi connectivity index (χ1v) is 59.7. The summed E-state index contributed by atoms with van der Waals surface area (Å²) >= 11 is 27.2. The third-order valence-corrected chi connectivity index (χ3v) is 42.0. The van der Waals surface area contributed by atoms with E-state index in [1.807, 2.05) is 0 Å². The Morgan fingerprint density at radius 3 is 0.812 bits per heavy atom. The number of carbonyl (C=O) groups is 4. The largest absolute Gasteiger partial charge is 0.871 e. The van der Waals surface area contributed by atoms with Gasteiger partial charge in [-0.25, -0.2) is 67.3 Å². The van der Waals surface area contributed by atoms with E-state index in [9.17, 15) is 107 Å². The predicted molar refractivity (Wildman–Crippen MR) is 563 cm³/mol. The molecule has 20 rings (SSSR count). The Morgan fingerprint density at radius 2 is 0.523 bits per heavy atom. The fraction of sp³-hybridized carbons (Fsp3) is 0.0642. The monoisotopic (exact) mass is 2260 g/mol. The van der Waals surface area contributed by atoms with Crippen molar-refractivity contribution in [2.45, 2.75) is 86.1 Å². The maximum atomic E-state index is 12.8. The van der Waals surface area contributed by atoms with Crippen LogP contribution in [0.15, 0.2) is 452 Å². The van der Waals surface area contributed by atoms with E-state index >= 15 is 0 Å². The summed E-state index contributed by atoms with van der Waals surface area (Å²) in [4.78, 5) is 46.5. The van der Waals surface area contributed by atoms with Crippen molar-refractivity contribution in [2.24, 2.45) is 0 Å². The van der Waals surface area contributed by atoms with Crippen LogP contribution < -0.4 is 29.6 Å². The minimum Gasteiger partial charge on any atom is -0.871 e. The number of hydrogen-bond donors (Lipinski definition) is 0. The zero-order valence-electron chi connectivity index (χ0n) is 77.9. The second-order valence-corrected chi connectivity index (χ2v) is 51.7. The Balaban J connectivity index is 0.000000133. The van der Waals surface area contributed by atoms with Crippen LogP contribution in [0.4, 0.5) is 0 Å². The number of carbonyl (C=O) groups excluding carboxylic acids is 4. The lowest BCUT2D eigenvalue weighted by molar-refractivity contribution is -0.591. The SMILES string of the molecule is CC(C=CC1=C([O-])c2ccccc2S1(=O)=O)=CC=C1C(=O)c2ccccc2S1(=O)=O.CCC(C=CC1=C([O-])c2cc(Cl)c(Cl)cc2S1(=O)=O)=CC=C1C(=O)c2cc(Cl)c(Cl)cc2S1(=O)=O.CCC(C=CC1=C([O-])c2ccccc2S1(=O)=O)=CC=C1C(=O)c2ccccc2S1(=O)=O.CCC(C=CC1=C([O-])c2ccccc2S1(=O)=O)=CC=C1C(=O)c2ccccc2S1(=O)=O.c1csc(-[n+]2ccc(-c3cc[n+](-c4cccs4)cc3)cc2)c1. The number of pyridine rings is 2. The molecule has 0 unspecified atom stereocenters. The molecule has 12 heterocycles. The van der Waals surface area contributed by atoms with Crippen LogP contribution in [0.1, 0.15) is 111 Å². The third-order valence-electron chi connectivity index (χ3n) is 24.2. The van der Waals surface area contributed by atoms with Crippen molar-refractivity contribution in [3.8, 4) is 21.1 Å². The Labute approximate surface area is 886 Å². The number of rotatable bonds is 18. The summed E-state index contributed by atoms with van der Waals surface area (Å²) in [7, 11) is -31.7. The van der Waals surface area contributed by atoms with Crippen LogP contribution in [0.5, 0.6) is 0 Å². The summed E-state index contributed by atoms with van der Waals surface area (Å²) in [6, 6.07) is 57.6. The van der Waals surface area contributed by atoms with Crippen LogP contribution in [-0.2, 0) is 78.7 Å². The minimum atomic E-state index is -4.12. The van der Waals surface area contributed by atoms with Crippen LogP contribution in [0.25, 0.3) is 44.2 Å². The van der Waals surface area contributed by atoms with E-state index in [0.29, 0.717) is 41.6 Å².